The summed E-state index contributed by atoms with van der Waals surface area (Å²) in [7, 11) is 0. The van der Waals surface area contributed by atoms with Gasteiger partial charge in [0, 0.05) is 0 Å². The van der Waals surface area contributed by atoms with Crippen molar-refractivity contribution in [2.75, 3.05) is 6.61 Å². The van der Waals surface area contributed by atoms with Crippen molar-refractivity contribution in [3.8, 4) is 0 Å². The molecule has 0 unspecified atom stereocenters. The average Bonchev–Trinajstić information content (AvgIpc) is 2.39. The molecule has 1 aromatic rings. The first-order valence-electron chi connectivity index (χ1n) is 5.83. The lowest BCUT2D eigenvalue weighted by atomic mass is 10.1. The van der Waals surface area contributed by atoms with Gasteiger partial charge < -0.3 is 9.84 Å². The standard InChI is InChI=1S/C14H17FO3/c1-3-18-14(17)10(2)9-12(15)13(16)11-7-5-4-6-8-11/h4-10,13,16H,3H2,1-2H3/b12-9-/t10-,13+/m0/s1. The Bertz CT molecular complexity index is 414. The lowest BCUT2D eigenvalue weighted by molar-refractivity contribution is -0.145. The van der Waals surface area contributed by atoms with Crippen molar-refractivity contribution in [2.45, 2.75) is 20.0 Å². The molecule has 1 rings (SSSR count). The van der Waals surface area contributed by atoms with Gasteiger partial charge in [0.25, 0.3) is 0 Å². The number of esters is 1. The van der Waals surface area contributed by atoms with Gasteiger partial charge in [0.05, 0.1) is 12.5 Å². The summed E-state index contributed by atoms with van der Waals surface area (Å²) in [6.07, 6.45) is -0.265. The molecule has 2 atom stereocenters. The minimum absolute atomic E-state index is 0.250. The fourth-order valence-corrected chi connectivity index (χ4v) is 1.47. The number of hydrogen-bond acceptors (Lipinski definition) is 3. The summed E-state index contributed by atoms with van der Waals surface area (Å²) in [6, 6.07) is 8.43. The molecule has 0 saturated heterocycles. The number of halogens is 1. The fourth-order valence-electron chi connectivity index (χ4n) is 1.47. The number of ether oxygens (including phenoxy) is 1. The zero-order chi connectivity index (χ0) is 13.5. The Labute approximate surface area is 106 Å². The van der Waals surface area contributed by atoms with E-state index in [0.29, 0.717) is 5.56 Å². The highest BCUT2D eigenvalue weighted by molar-refractivity contribution is 5.74. The lowest BCUT2D eigenvalue weighted by Gasteiger charge is -2.11. The van der Waals surface area contributed by atoms with E-state index in [1.54, 1.807) is 37.3 Å². The van der Waals surface area contributed by atoms with E-state index in [4.69, 9.17) is 4.74 Å². The van der Waals surface area contributed by atoms with Crippen molar-refractivity contribution in [3.05, 3.63) is 47.8 Å². The van der Waals surface area contributed by atoms with E-state index < -0.39 is 23.8 Å². The summed E-state index contributed by atoms with van der Waals surface area (Å²) < 4.78 is 18.5. The Morgan fingerprint density at radius 3 is 2.61 bits per heavy atom. The highest BCUT2D eigenvalue weighted by atomic mass is 19.1. The topological polar surface area (TPSA) is 46.5 Å². The quantitative estimate of drug-likeness (QED) is 0.820. The fraction of sp³-hybridized carbons (Fsp3) is 0.357. The largest absolute Gasteiger partial charge is 0.466 e. The predicted molar refractivity (Wildman–Crippen MR) is 66.4 cm³/mol. The van der Waals surface area contributed by atoms with E-state index >= 15 is 0 Å². The molecule has 0 fully saturated rings. The van der Waals surface area contributed by atoms with Gasteiger partial charge in [-0.05, 0) is 25.5 Å². The molecular formula is C14H17FO3. The molecule has 0 aliphatic carbocycles. The second-order valence-electron chi connectivity index (χ2n) is 3.91. The van der Waals surface area contributed by atoms with E-state index in [2.05, 4.69) is 0 Å². The molecule has 0 saturated carbocycles. The van der Waals surface area contributed by atoms with Crippen LogP contribution in [0.4, 0.5) is 4.39 Å². The maximum Gasteiger partial charge on any atom is 0.312 e. The van der Waals surface area contributed by atoms with Crippen LogP contribution in [0.15, 0.2) is 42.2 Å². The summed E-state index contributed by atoms with van der Waals surface area (Å²) in [5, 5.41) is 9.75. The summed E-state index contributed by atoms with van der Waals surface area (Å²) in [5.41, 5.74) is 0.447. The van der Waals surface area contributed by atoms with Crippen LogP contribution >= 0.6 is 0 Å². The van der Waals surface area contributed by atoms with Crippen LogP contribution in [0.3, 0.4) is 0 Å². The van der Waals surface area contributed by atoms with Gasteiger partial charge in [-0.1, -0.05) is 30.3 Å². The van der Waals surface area contributed by atoms with Gasteiger partial charge in [0.2, 0.25) is 0 Å². The normalized spacial score (nSPS) is 15.0. The molecule has 0 heterocycles. The third-order valence-corrected chi connectivity index (χ3v) is 2.44. The number of carbonyl (C=O) groups excluding carboxylic acids is 1. The summed E-state index contributed by atoms with van der Waals surface area (Å²) in [4.78, 5) is 11.3. The van der Waals surface area contributed by atoms with Crippen LogP contribution in [0.1, 0.15) is 25.5 Å². The lowest BCUT2D eigenvalue weighted by Crippen LogP contribution is -2.13. The van der Waals surface area contributed by atoms with Gasteiger partial charge in [0.15, 0.2) is 0 Å². The molecule has 0 aliphatic heterocycles. The van der Waals surface area contributed by atoms with Crippen LogP contribution in [0.2, 0.25) is 0 Å². The van der Waals surface area contributed by atoms with Crippen molar-refractivity contribution in [1.82, 2.24) is 0 Å². The minimum atomic E-state index is -1.34. The molecule has 3 nitrogen and oxygen atoms in total. The molecule has 0 bridgehead atoms. The Hall–Kier alpha value is -1.68. The number of carbonyl (C=O) groups is 1. The Balaban J connectivity index is 2.74. The number of aliphatic hydroxyl groups is 1. The summed E-state index contributed by atoms with van der Waals surface area (Å²) in [5.74, 6) is -1.97. The minimum Gasteiger partial charge on any atom is -0.466 e. The highest BCUT2D eigenvalue weighted by Crippen LogP contribution is 2.23. The molecule has 18 heavy (non-hydrogen) atoms. The smallest absolute Gasteiger partial charge is 0.312 e. The molecule has 0 aromatic heterocycles. The first kappa shape index (κ1) is 14.4. The maximum atomic E-state index is 13.7. The van der Waals surface area contributed by atoms with Crippen molar-refractivity contribution in [1.29, 1.82) is 0 Å². The molecule has 0 amide bonds. The van der Waals surface area contributed by atoms with Gasteiger partial charge in [-0.2, -0.15) is 0 Å². The van der Waals surface area contributed by atoms with E-state index in [-0.39, 0.29) is 6.61 Å². The van der Waals surface area contributed by atoms with Crippen molar-refractivity contribution in [3.63, 3.8) is 0 Å². The van der Waals surface area contributed by atoms with Crippen LogP contribution in [-0.2, 0) is 9.53 Å². The monoisotopic (exact) mass is 252 g/mol. The molecule has 1 N–H and O–H groups in total. The van der Waals surface area contributed by atoms with Crippen LogP contribution in [0.5, 0.6) is 0 Å². The second-order valence-corrected chi connectivity index (χ2v) is 3.91. The molecule has 98 valence electrons. The van der Waals surface area contributed by atoms with Crippen LogP contribution < -0.4 is 0 Å². The van der Waals surface area contributed by atoms with Crippen molar-refractivity contribution >= 4 is 5.97 Å². The van der Waals surface area contributed by atoms with Gasteiger partial charge in [-0.25, -0.2) is 4.39 Å². The van der Waals surface area contributed by atoms with Crippen LogP contribution in [0, 0.1) is 5.92 Å². The predicted octanol–water partition coefficient (Wildman–Crippen LogP) is 2.77. The Morgan fingerprint density at radius 1 is 1.44 bits per heavy atom. The molecular weight excluding hydrogens is 235 g/mol. The zero-order valence-corrected chi connectivity index (χ0v) is 10.5. The number of hydrogen-bond donors (Lipinski definition) is 1. The van der Waals surface area contributed by atoms with E-state index in [9.17, 15) is 14.3 Å². The zero-order valence-electron chi connectivity index (χ0n) is 10.5. The number of benzene rings is 1. The van der Waals surface area contributed by atoms with Crippen LogP contribution in [-0.4, -0.2) is 17.7 Å². The third kappa shape index (κ3) is 3.96. The van der Waals surface area contributed by atoms with E-state index in [1.165, 1.54) is 6.92 Å². The van der Waals surface area contributed by atoms with Crippen molar-refractivity contribution < 1.29 is 19.0 Å². The van der Waals surface area contributed by atoms with E-state index in [1.807, 2.05) is 0 Å². The van der Waals surface area contributed by atoms with Crippen molar-refractivity contribution in [2.24, 2.45) is 5.92 Å². The van der Waals surface area contributed by atoms with Crippen LogP contribution in [0.25, 0.3) is 0 Å². The molecule has 0 spiro atoms. The third-order valence-electron chi connectivity index (χ3n) is 2.44. The summed E-state index contributed by atoms with van der Waals surface area (Å²) in [6.45, 7) is 3.46. The maximum absolute atomic E-state index is 13.7. The average molecular weight is 252 g/mol. The molecule has 0 radical (unpaired) electrons. The molecule has 1 aromatic carbocycles. The first-order valence-corrected chi connectivity index (χ1v) is 5.83. The molecule has 0 aliphatic rings. The van der Waals surface area contributed by atoms with Gasteiger partial charge >= 0.3 is 5.97 Å². The second kappa shape index (κ2) is 6.91. The Morgan fingerprint density at radius 2 is 2.06 bits per heavy atom. The SMILES string of the molecule is CCOC(=O)[C@@H](C)/C=C(\F)[C@H](O)c1ccccc1. The first-order chi connectivity index (χ1) is 8.56. The number of aliphatic hydroxyl groups excluding tert-OH is 1. The summed E-state index contributed by atoms with van der Waals surface area (Å²) >= 11 is 0. The van der Waals surface area contributed by atoms with Gasteiger partial charge in [-0.3, -0.25) is 4.79 Å². The van der Waals surface area contributed by atoms with Gasteiger partial charge in [0.1, 0.15) is 11.9 Å². The van der Waals surface area contributed by atoms with E-state index in [0.717, 1.165) is 6.08 Å². The number of rotatable bonds is 5. The Kier molecular flexibility index (Phi) is 5.52. The highest BCUT2D eigenvalue weighted by Gasteiger charge is 2.17. The molecule has 4 heteroatoms. The van der Waals surface area contributed by atoms with Gasteiger partial charge in [-0.15, -0.1) is 0 Å².